The zero-order valence-electron chi connectivity index (χ0n) is 10.5. The van der Waals surface area contributed by atoms with Crippen LogP contribution in [0.5, 0.6) is 0 Å². The Morgan fingerprint density at radius 1 is 1.00 bits per heavy atom. The monoisotopic (exact) mass is 209 g/mol. The fourth-order valence-corrected chi connectivity index (χ4v) is 2.83. The second kappa shape index (κ2) is 7.03. The minimum absolute atomic E-state index is 0.564. The molecule has 1 rings (SSSR count). The lowest BCUT2D eigenvalue weighted by atomic mass is 9.81. The first-order valence-corrected chi connectivity index (χ1v) is 6.87. The summed E-state index contributed by atoms with van der Waals surface area (Å²) >= 11 is 0. The van der Waals surface area contributed by atoms with Crippen molar-refractivity contribution in [2.75, 3.05) is 0 Å². The molecule has 1 aliphatic rings. The molecule has 1 nitrogen and oxygen atoms in total. The summed E-state index contributed by atoms with van der Waals surface area (Å²) in [6.45, 7) is 4.46. The molecule has 0 spiro atoms. The Bertz CT molecular complexity index is 174. The Kier molecular flexibility index (Phi) is 5.97. The van der Waals surface area contributed by atoms with Crippen molar-refractivity contribution in [1.29, 1.82) is 5.41 Å². The maximum atomic E-state index is 8.31. The first kappa shape index (κ1) is 12.7. The minimum Gasteiger partial charge on any atom is -0.309 e. The summed E-state index contributed by atoms with van der Waals surface area (Å²) in [7, 11) is 0. The van der Waals surface area contributed by atoms with Gasteiger partial charge in [0.2, 0.25) is 0 Å². The standard InChI is InChI=1S/C14H27N/c1-3-12(4-2)14(15)13-10-8-6-5-7-9-11-13/h12-13,15H,3-11H2,1-2H3. The fraction of sp³-hybridized carbons (Fsp3) is 0.929. The fourth-order valence-electron chi connectivity index (χ4n) is 2.83. The summed E-state index contributed by atoms with van der Waals surface area (Å²) in [6, 6.07) is 0. The number of rotatable bonds is 4. The molecule has 0 aliphatic heterocycles. The lowest BCUT2D eigenvalue weighted by Gasteiger charge is -2.25. The SMILES string of the molecule is CCC(CC)C(=N)C1CCCCCCC1. The largest absolute Gasteiger partial charge is 0.309 e. The van der Waals surface area contributed by atoms with E-state index in [1.54, 1.807) is 0 Å². The van der Waals surface area contributed by atoms with Gasteiger partial charge in [-0.25, -0.2) is 0 Å². The Balaban J connectivity index is 2.47. The van der Waals surface area contributed by atoms with E-state index >= 15 is 0 Å². The van der Waals surface area contributed by atoms with Crippen molar-refractivity contribution in [3.05, 3.63) is 0 Å². The number of hydrogen-bond acceptors (Lipinski definition) is 1. The third-order valence-corrected chi connectivity index (χ3v) is 3.97. The molecule has 0 bridgehead atoms. The molecular formula is C14H27N. The second-order valence-electron chi connectivity index (χ2n) is 5.01. The molecule has 1 N–H and O–H groups in total. The summed E-state index contributed by atoms with van der Waals surface area (Å²) < 4.78 is 0. The van der Waals surface area contributed by atoms with Crippen LogP contribution in [0, 0.1) is 17.2 Å². The van der Waals surface area contributed by atoms with Crippen LogP contribution >= 0.6 is 0 Å². The van der Waals surface area contributed by atoms with Crippen molar-refractivity contribution >= 4 is 5.71 Å². The molecule has 0 aromatic heterocycles. The van der Waals surface area contributed by atoms with Gasteiger partial charge < -0.3 is 5.41 Å². The zero-order valence-corrected chi connectivity index (χ0v) is 10.5. The predicted molar refractivity (Wildman–Crippen MR) is 67.6 cm³/mol. The molecule has 88 valence electrons. The highest BCUT2D eigenvalue weighted by atomic mass is 14.5. The molecule has 0 amide bonds. The number of hydrogen-bond donors (Lipinski definition) is 1. The molecule has 15 heavy (non-hydrogen) atoms. The normalized spacial score (nSPS) is 19.9. The van der Waals surface area contributed by atoms with Crippen molar-refractivity contribution in [3.8, 4) is 0 Å². The van der Waals surface area contributed by atoms with Crippen LogP contribution in [0.25, 0.3) is 0 Å². The van der Waals surface area contributed by atoms with Gasteiger partial charge in [0, 0.05) is 5.71 Å². The maximum Gasteiger partial charge on any atom is 0.0151 e. The highest BCUT2D eigenvalue weighted by Gasteiger charge is 2.21. The Morgan fingerprint density at radius 2 is 1.47 bits per heavy atom. The Labute approximate surface area is 95.2 Å². The first-order valence-electron chi connectivity index (χ1n) is 6.87. The molecule has 1 fully saturated rings. The quantitative estimate of drug-likeness (QED) is 0.643. The van der Waals surface area contributed by atoms with E-state index < -0.39 is 0 Å². The van der Waals surface area contributed by atoms with Gasteiger partial charge in [0.1, 0.15) is 0 Å². The van der Waals surface area contributed by atoms with Gasteiger partial charge in [-0.15, -0.1) is 0 Å². The van der Waals surface area contributed by atoms with Gasteiger partial charge in [-0.1, -0.05) is 46.0 Å². The second-order valence-corrected chi connectivity index (χ2v) is 5.01. The maximum absolute atomic E-state index is 8.31. The van der Waals surface area contributed by atoms with E-state index in [0.717, 1.165) is 18.6 Å². The molecule has 1 saturated carbocycles. The molecule has 0 atom stereocenters. The van der Waals surface area contributed by atoms with E-state index in [-0.39, 0.29) is 0 Å². The van der Waals surface area contributed by atoms with E-state index in [2.05, 4.69) is 13.8 Å². The highest BCUT2D eigenvalue weighted by Crippen LogP contribution is 2.27. The first-order chi connectivity index (χ1) is 7.29. The predicted octanol–water partition coefficient (Wildman–Crippen LogP) is 4.80. The average Bonchev–Trinajstić information content (AvgIpc) is 2.18. The topological polar surface area (TPSA) is 23.9 Å². The summed E-state index contributed by atoms with van der Waals surface area (Å²) in [5.41, 5.74) is 1.07. The summed E-state index contributed by atoms with van der Waals surface area (Å²) in [5, 5.41) is 8.31. The van der Waals surface area contributed by atoms with Crippen molar-refractivity contribution in [1.82, 2.24) is 0 Å². The van der Waals surface area contributed by atoms with E-state index in [9.17, 15) is 0 Å². The minimum atomic E-state index is 0.564. The molecule has 0 radical (unpaired) electrons. The van der Waals surface area contributed by atoms with Gasteiger partial charge in [0.25, 0.3) is 0 Å². The highest BCUT2D eigenvalue weighted by molar-refractivity contribution is 5.86. The van der Waals surface area contributed by atoms with Gasteiger partial charge >= 0.3 is 0 Å². The lowest BCUT2D eigenvalue weighted by Crippen LogP contribution is -2.23. The van der Waals surface area contributed by atoms with Crippen LogP contribution in [0.2, 0.25) is 0 Å². The zero-order chi connectivity index (χ0) is 11.1. The molecular weight excluding hydrogens is 182 g/mol. The van der Waals surface area contributed by atoms with Crippen LogP contribution in [0.3, 0.4) is 0 Å². The molecule has 0 aromatic carbocycles. The van der Waals surface area contributed by atoms with Crippen LogP contribution in [0.4, 0.5) is 0 Å². The van der Waals surface area contributed by atoms with Crippen molar-refractivity contribution < 1.29 is 0 Å². The van der Waals surface area contributed by atoms with Crippen molar-refractivity contribution in [2.45, 2.75) is 71.6 Å². The summed E-state index contributed by atoms with van der Waals surface area (Å²) in [5.74, 6) is 1.18. The molecule has 0 heterocycles. The molecule has 0 unspecified atom stereocenters. The van der Waals surface area contributed by atoms with Crippen LogP contribution < -0.4 is 0 Å². The van der Waals surface area contributed by atoms with Gasteiger partial charge in [-0.3, -0.25) is 0 Å². The summed E-state index contributed by atoms with van der Waals surface area (Å²) in [4.78, 5) is 0. The number of nitrogens with one attached hydrogen (secondary N) is 1. The Hall–Kier alpha value is -0.330. The van der Waals surface area contributed by atoms with Gasteiger partial charge in [0.15, 0.2) is 0 Å². The van der Waals surface area contributed by atoms with Gasteiger partial charge in [0.05, 0.1) is 0 Å². The third-order valence-electron chi connectivity index (χ3n) is 3.97. The molecule has 1 heteroatoms. The van der Waals surface area contributed by atoms with Gasteiger partial charge in [-0.05, 0) is 37.5 Å². The van der Waals surface area contributed by atoms with E-state index in [1.165, 1.54) is 44.9 Å². The smallest absolute Gasteiger partial charge is 0.0151 e. The van der Waals surface area contributed by atoms with Crippen molar-refractivity contribution in [2.24, 2.45) is 11.8 Å². The van der Waals surface area contributed by atoms with E-state index in [4.69, 9.17) is 5.41 Å². The molecule has 0 aromatic rings. The van der Waals surface area contributed by atoms with Crippen LogP contribution in [-0.2, 0) is 0 Å². The lowest BCUT2D eigenvalue weighted by molar-refractivity contribution is 0.434. The average molecular weight is 209 g/mol. The molecule has 0 saturated heterocycles. The van der Waals surface area contributed by atoms with E-state index in [0.29, 0.717) is 11.8 Å². The summed E-state index contributed by atoms with van der Waals surface area (Å²) in [6.07, 6.45) is 11.8. The third kappa shape index (κ3) is 3.96. The van der Waals surface area contributed by atoms with E-state index in [1.807, 2.05) is 0 Å². The van der Waals surface area contributed by atoms with Gasteiger partial charge in [-0.2, -0.15) is 0 Å². The van der Waals surface area contributed by atoms with Crippen LogP contribution in [0.15, 0.2) is 0 Å². The van der Waals surface area contributed by atoms with Crippen LogP contribution in [0.1, 0.15) is 71.6 Å². The molecule has 1 aliphatic carbocycles. The Morgan fingerprint density at radius 3 is 1.93 bits per heavy atom. The van der Waals surface area contributed by atoms with Crippen molar-refractivity contribution in [3.63, 3.8) is 0 Å². The van der Waals surface area contributed by atoms with Crippen LogP contribution in [-0.4, -0.2) is 5.71 Å².